The van der Waals surface area contributed by atoms with Crippen LogP contribution in [0.5, 0.6) is 5.75 Å². The van der Waals surface area contributed by atoms with Gasteiger partial charge in [-0.2, -0.15) is 0 Å². The Morgan fingerprint density at radius 2 is 1.85 bits per heavy atom. The highest BCUT2D eigenvalue weighted by Crippen LogP contribution is 2.31. The number of piperidine rings is 1. The van der Waals surface area contributed by atoms with E-state index in [1.165, 1.54) is 12.1 Å². The molecular weight excluding hydrogens is 431 g/mol. The molecule has 0 spiro atoms. The number of fused-ring (bicyclic) bond motifs is 1. The molecule has 2 saturated heterocycles. The largest absolute Gasteiger partial charge is 0.492 e. The second-order valence-electron chi connectivity index (χ2n) is 9.12. The van der Waals surface area contributed by atoms with Crippen molar-refractivity contribution >= 4 is 10.8 Å². The van der Waals surface area contributed by atoms with Crippen molar-refractivity contribution in [3.05, 3.63) is 77.6 Å². The zero-order chi connectivity index (χ0) is 23.2. The molecule has 3 aromatic rings. The summed E-state index contributed by atoms with van der Waals surface area (Å²) in [6.45, 7) is 7.30. The van der Waals surface area contributed by atoms with Gasteiger partial charge in [0.25, 0.3) is 0 Å². The van der Waals surface area contributed by atoms with Crippen molar-refractivity contribution < 1.29 is 18.6 Å². The molecule has 2 atom stereocenters. The molecule has 0 saturated carbocycles. The van der Waals surface area contributed by atoms with E-state index < -0.39 is 0 Å². The van der Waals surface area contributed by atoms with E-state index in [4.69, 9.17) is 14.2 Å². The molecule has 5 rings (SSSR count). The van der Waals surface area contributed by atoms with Gasteiger partial charge in [-0.1, -0.05) is 36.4 Å². The Morgan fingerprint density at radius 3 is 2.71 bits per heavy atom. The molecule has 0 radical (unpaired) electrons. The Kier molecular flexibility index (Phi) is 7.71. The minimum atomic E-state index is -0.201. The summed E-state index contributed by atoms with van der Waals surface area (Å²) in [6.07, 6.45) is 1.01. The van der Waals surface area contributed by atoms with Crippen LogP contribution < -0.4 is 10.1 Å². The first-order valence-electron chi connectivity index (χ1n) is 12.3. The van der Waals surface area contributed by atoms with Gasteiger partial charge in [0.05, 0.1) is 25.9 Å². The van der Waals surface area contributed by atoms with Crippen molar-refractivity contribution in [3.8, 4) is 5.75 Å². The highest BCUT2D eigenvalue weighted by Gasteiger charge is 2.27. The maximum atomic E-state index is 13.4. The van der Waals surface area contributed by atoms with Gasteiger partial charge in [-0.3, -0.25) is 4.90 Å². The van der Waals surface area contributed by atoms with Crippen molar-refractivity contribution in [2.75, 3.05) is 52.5 Å². The predicted molar refractivity (Wildman–Crippen MR) is 132 cm³/mol. The van der Waals surface area contributed by atoms with E-state index in [0.29, 0.717) is 13.2 Å². The molecule has 0 aromatic heterocycles. The zero-order valence-electron chi connectivity index (χ0n) is 19.5. The van der Waals surface area contributed by atoms with Crippen molar-refractivity contribution in [2.45, 2.75) is 25.0 Å². The van der Waals surface area contributed by atoms with Gasteiger partial charge in [-0.05, 0) is 53.7 Å². The number of halogens is 1. The number of hydrogen-bond acceptors (Lipinski definition) is 5. The molecule has 2 fully saturated rings. The number of ether oxygens (including phenoxy) is 3. The predicted octanol–water partition coefficient (Wildman–Crippen LogP) is 4.35. The quantitative estimate of drug-likeness (QED) is 0.537. The summed E-state index contributed by atoms with van der Waals surface area (Å²) in [7, 11) is 0. The molecule has 0 amide bonds. The summed E-state index contributed by atoms with van der Waals surface area (Å²) in [5, 5.41) is 5.72. The van der Waals surface area contributed by atoms with Crippen LogP contribution in [0.1, 0.15) is 23.5 Å². The van der Waals surface area contributed by atoms with Gasteiger partial charge in [-0.15, -0.1) is 0 Å². The lowest BCUT2D eigenvalue weighted by Gasteiger charge is -2.32. The highest BCUT2D eigenvalue weighted by molar-refractivity contribution is 5.89. The van der Waals surface area contributed by atoms with Crippen molar-refractivity contribution in [1.29, 1.82) is 0 Å². The summed E-state index contributed by atoms with van der Waals surface area (Å²) in [6, 6.07) is 19.5. The van der Waals surface area contributed by atoms with Gasteiger partial charge in [0, 0.05) is 37.5 Å². The van der Waals surface area contributed by atoms with Crippen LogP contribution in [0.15, 0.2) is 60.7 Å². The average molecular weight is 465 g/mol. The maximum Gasteiger partial charge on any atom is 0.127 e. The van der Waals surface area contributed by atoms with E-state index in [1.807, 2.05) is 18.2 Å². The summed E-state index contributed by atoms with van der Waals surface area (Å²) < 4.78 is 31.6. The standard InChI is InChI=1S/C28H33FN2O3/c29-24-7-5-22(6-8-24)26-9-10-30-19-28(26)34-20-21-17-23-3-1-2-4-25(23)27(18-21)33-16-13-31-11-14-32-15-12-31/h1-8,17-18,26,28,30H,9-16,19-20H2. The van der Waals surface area contributed by atoms with Crippen LogP contribution in [0.2, 0.25) is 0 Å². The SMILES string of the molecule is Fc1ccc(C2CCNCC2OCc2cc(OCCN3CCOCC3)c3ccccc3c2)cc1. The molecule has 6 heteroatoms. The fourth-order valence-corrected chi connectivity index (χ4v) is 4.95. The lowest BCUT2D eigenvalue weighted by atomic mass is 9.88. The second-order valence-corrected chi connectivity index (χ2v) is 9.12. The third-order valence-electron chi connectivity index (χ3n) is 6.84. The number of morpholine rings is 1. The number of rotatable bonds is 8. The smallest absolute Gasteiger partial charge is 0.127 e. The van der Waals surface area contributed by atoms with Crippen LogP contribution in [0.25, 0.3) is 10.8 Å². The summed E-state index contributed by atoms with van der Waals surface area (Å²) in [4.78, 5) is 2.38. The molecule has 3 aromatic carbocycles. The fourth-order valence-electron chi connectivity index (χ4n) is 4.95. The molecule has 2 aliphatic heterocycles. The summed E-state index contributed by atoms with van der Waals surface area (Å²) in [5.41, 5.74) is 2.24. The molecular formula is C28H33FN2O3. The van der Waals surface area contributed by atoms with Crippen LogP contribution >= 0.6 is 0 Å². The van der Waals surface area contributed by atoms with Crippen LogP contribution in [-0.4, -0.2) is 63.5 Å². The summed E-state index contributed by atoms with van der Waals surface area (Å²) >= 11 is 0. The zero-order valence-corrected chi connectivity index (χ0v) is 19.5. The lowest BCUT2D eigenvalue weighted by molar-refractivity contribution is 0.0105. The van der Waals surface area contributed by atoms with E-state index in [0.717, 1.165) is 80.0 Å². The molecule has 2 aliphatic rings. The molecule has 34 heavy (non-hydrogen) atoms. The fraction of sp³-hybridized carbons (Fsp3) is 0.429. The first-order valence-corrected chi connectivity index (χ1v) is 12.3. The number of benzene rings is 3. The van der Waals surface area contributed by atoms with E-state index in [1.54, 1.807) is 0 Å². The molecule has 0 bridgehead atoms. The molecule has 0 aliphatic carbocycles. The summed E-state index contributed by atoms with van der Waals surface area (Å²) in [5.74, 6) is 0.959. The molecule has 5 nitrogen and oxygen atoms in total. The number of nitrogens with zero attached hydrogens (tertiary/aromatic N) is 1. The molecule has 2 heterocycles. The van der Waals surface area contributed by atoms with Gasteiger partial charge in [0.1, 0.15) is 18.2 Å². The van der Waals surface area contributed by atoms with Crippen molar-refractivity contribution in [1.82, 2.24) is 10.2 Å². The first-order chi connectivity index (χ1) is 16.8. The van der Waals surface area contributed by atoms with Gasteiger partial charge in [-0.25, -0.2) is 4.39 Å². The topological polar surface area (TPSA) is 43.0 Å². The lowest BCUT2D eigenvalue weighted by Crippen LogP contribution is -2.41. The van der Waals surface area contributed by atoms with E-state index >= 15 is 0 Å². The monoisotopic (exact) mass is 464 g/mol. The van der Waals surface area contributed by atoms with E-state index in [-0.39, 0.29) is 17.8 Å². The third kappa shape index (κ3) is 5.76. The van der Waals surface area contributed by atoms with Gasteiger partial charge in [0.2, 0.25) is 0 Å². The number of nitrogens with one attached hydrogen (secondary N) is 1. The Morgan fingerprint density at radius 1 is 1.03 bits per heavy atom. The van der Waals surface area contributed by atoms with Crippen LogP contribution in [-0.2, 0) is 16.1 Å². The van der Waals surface area contributed by atoms with Gasteiger partial charge >= 0.3 is 0 Å². The maximum absolute atomic E-state index is 13.4. The van der Waals surface area contributed by atoms with Gasteiger partial charge in [0.15, 0.2) is 0 Å². The number of hydrogen-bond donors (Lipinski definition) is 1. The van der Waals surface area contributed by atoms with Gasteiger partial charge < -0.3 is 19.5 Å². The minimum absolute atomic E-state index is 0.0383. The average Bonchev–Trinajstić information content (AvgIpc) is 2.89. The van der Waals surface area contributed by atoms with E-state index in [2.05, 4.69) is 40.5 Å². The van der Waals surface area contributed by atoms with Crippen LogP contribution in [0.3, 0.4) is 0 Å². The van der Waals surface area contributed by atoms with E-state index in [9.17, 15) is 4.39 Å². The second kappa shape index (κ2) is 11.3. The van der Waals surface area contributed by atoms with Crippen LogP contribution in [0, 0.1) is 5.82 Å². The normalized spacial score (nSPS) is 21.6. The van der Waals surface area contributed by atoms with Crippen LogP contribution in [0.4, 0.5) is 4.39 Å². The minimum Gasteiger partial charge on any atom is -0.492 e. The Labute approximate surface area is 200 Å². The van der Waals surface area contributed by atoms with Crippen molar-refractivity contribution in [2.24, 2.45) is 0 Å². The Balaban J connectivity index is 1.27. The third-order valence-corrected chi connectivity index (χ3v) is 6.84. The molecule has 1 N–H and O–H groups in total. The molecule has 2 unspecified atom stereocenters. The highest BCUT2D eigenvalue weighted by atomic mass is 19.1. The Hall–Kier alpha value is -2.51. The first kappa shape index (κ1) is 23.2. The van der Waals surface area contributed by atoms with Crippen molar-refractivity contribution in [3.63, 3.8) is 0 Å². The molecule has 180 valence electrons. The Bertz CT molecular complexity index is 1070.